The topological polar surface area (TPSA) is 40.5 Å². The summed E-state index contributed by atoms with van der Waals surface area (Å²) >= 11 is 0. The summed E-state index contributed by atoms with van der Waals surface area (Å²) in [7, 11) is 0. The molecule has 0 radical (unpaired) electrons. The maximum Gasteiger partial charge on any atom is 0.160 e. The molecular weight excluding hydrogens is 356 g/mol. The number of aryl methyl sites for hydroxylation is 2. The van der Waals surface area contributed by atoms with Gasteiger partial charge in [0.2, 0.25) is 0 Å². The second-order valence-electron chi connectivity index (χ2n) is 10.8. The Labute approximate surface area is 180 Å². The number of rotatable bonds is 15. The van der Waals surface area contributed by atoms with E-state index in [0.29, 0.717) is 10.8 Å². The Balaban J connectivity index is 1.66. The van der Waals surface area contributed by atoms with E-state index in [1.807, 2.05) is 0 Å². The van der Waals surface area contributed by atoms with Gasteiger partial charge >= 0.3 is 0 Å². The van der Waals surface area contributed by atoms with Crippen LogP contribution >= 0.6 is 0 Å². The number of hydrogen-bond acceptors (Lipinski definition) is 2. The summed E-state index contributed by atoms with van der Waals surface area (Å²) < 4.78 is 0. The third kappa shape index (κ3) is 9.01. The van der Waals surface area contributed by atoms with Crippen LogP contribution in [-0.4, -0.2) is 10.2 Å². The van der Waals surface area contributed by atoms with Crippen molar-refractivity contribution in [1.29, 1.82) is 0 Å². The fourth-order valence-electron chi connectivity index (χ4n) is 4.22. The third-order valence-electron chi connectivity index (χ3n) is 7.33. The van der Waals surface area contributed by atoms with Crippen LogP contribution in [0.4, 0.5) is 0 Å². The Morgan fingerprint density at radius 3 is 2.14 bits per heavy atom. The van der Waals surface area contributed by atoms with Crippen molar-refractivity contribution in [2.75, 3.05) is 0 Å². The van der Waals surface area contributed by atoms with Gasteiger partial charge in [0.15, 0.2) is 11.5 Å². The number of phenolic OH excluding ortho intramolecular Hbond substituents is 2. The lowest BCUT2D eigenvalue weighted by Crippen LogP contribution is -2.08. The van der Waals surface area contributed by atoms with Crippen LogP contribution in [0.2, 0.25) is 0 Å². The zero-order valence-electron chi connectivity index (χ0n) is 19.7. The highest BCUT2D eigenvalue weighted by molar-refractivity contribution is 5.47. The summed E-state index contributed by atoms with van der Waals surface area (Å²) in [5.74, 6) is 0.157. The van der Waals surface area contributed by atoms with Crippen molar-refractivity contribution >= 4 is 0 Å². The lowest BCUT2D eigenvalue weighted by molar-refractivity contribution is 0.307. The van der Waals surface area contributed by atoms with Gasteiger partial charge in [0.1, 0.15) is 0 Å². The van der Waals surface area contributed by atoms with Crippen LogP contribution < -0.4 is 0 Å². The standard InChI is InChI=1S/C27H46O2/c1-5-26(2,3)16-12-8-6-10-14-22-20-23(25(29)24(28)21-22)15-11-7-9-13-17-27(4)18-19-27/h20-21,28-29H,5-19H2,1-4H3. The van der Waals surface area contributed by atoms with E-state index < -0.39 is 0 Å². The van der Waals surface area contributed by atoms with Crippen LogP contribution in [-0.2, 0) is 12.8 Å². The average molecular weight is 403 g/mol. The molecular formula is C27H46O2. The zero-order chi connectivity index (χ0) is 21.3. The van der Waals surface area contributed by atoms with Gasteiger partial charge in [0.05, 0.1) is 0 Å². The molecule has 1 aromatic carbocycles. The minimum Gasteiger partial charge on any atom is -0.504 e. The Bertz CT molecular complexity index is 613. The normalized spacial score (nSPS) is 15.6. The number of phenols is 2. The maximum absolute atomic E-state index is 10.2. The first-order chi connectivity index (χ1) is 13.7. The highest BCUT2D eigenvalue weighted by Gasteiger charge is 2.35. The summed E-state index contributed by atoms with van der Waals surface area (Å²) in [5, 5.41) is 20.4. The van der Waals surface area contributed by atoms with E-state index in [0.717, 1.165) is 31.2 Å². The van der Waals surface area contributed by atoms with Crippen molar-refractivity contribution in [2.24, 2.45) is 10.8 Å². The molecule has 1 saturated carbocycles. The summed E-state index contributed by atoms with van der Waals surface area (Å²) in [4.78, 5) is 0. The second-order valence-corrected chi connectivity index (χ2v) is 10.8. The molecule has 0 aromatic heterocycles. The first kappa shape index (κ1) is 24.1. The molecule has 1 aliphatic carbocycles. The third-order valence-corrected chi connectivity index (χ3v) is 7.33. The maximum atomic E-state index is 10.2. The van der Waals surface area contributed by atoms with Crippen molar-refractivity contribution < 1.29 is 10.2 Å². The van der Waals surface area contributed by atoms with Gasteiger partial charge in [-0.3, -0.25) is 0 Å². The van der Waals surface area contributed by atoms with E-state index in [2.05, 4.69) is 33.8 Å². The quantitative estimate of drug-likeness (QED) is 0.229. The fourth-order valence-corrected chi connectivity index (χ4v) is 4.22. The van der Waals surface area contributed by atoms with Gasteiger partial charge in [-0.15, -0.1) is 0 Å². The highest BCUT2D eigenvalue weighted by atomic mass is 16.3. The smallest absolute Gasteiger partial charge is 0.160 e. The molecule has 0 saturated heterocycles. The average Bonchev–Trinajstić information content (AvgIpc) is 3.41. The molecule has 2 heteroatoms. The molecule has 29 heavy (non-hydrogen) atoms. The van der Waals surface area contributed by atoms with E-state index in [4.69, 9.17) is 0 Å². The van der Waals surface area contributed by atoms with Gasteiger partial charge < -0.3 is 10.2 Å². The van der Waals surface area contributed by atoms with Crippen LogP contribution in [0.5, 0.6) is 11.5 Å². The van der Waals surface area contributed by atoms with Crippen molar-refractivity contribution in [1.82, 2.24) is 0 Å². The monoisotopic (exact) mass is 402 g/mol. The first-order valence-corrected chi connectivity index (χ1v) is 12.3. The van der Waals surface area contributed by atoms with Gasteiger partial charge in [-0.05, 0) is 79.4 Å². The number of unbranched alkanes of at least 4 members (excludes halogenated alkanes) is 6. The van der Waals surface area contributed by atoms with Gasteiger partial charge in [-0.1, -0.05) is 78.7 Å². The zero-order valence-corrected chi connectivity index (χ0v) is 19.7. The molecule has 1 aromatic rings. The van der Waals surface area contributed by atoms with Gasteiger partial charge in [-0.2, -0.15) is 0 Å². The van der Waals surface area contributed by atoms with Crippen molar-refractivity contribution in [3.05, 3.63) is 23.3 Å². The Hall–Kier alpha value is -1.18. The SMILES string of the molecule is CCC(C)(C)CCCCCCc1cc(O)c(O)c(CCCCCCC2(C)CC2)c1. The number of benzene rings is 1. The van der Waals surface area contributed by atoms with E-state index in [1.165, 1.54) is 76.2 Å². The van der Waals surface area contributed by atoms with Crippen molar-refractivity contribution in [3.8, 4) is 11.5 Å². The van der Waals surface area contributed by atoms with Gasteiger partial charge in [0.25, 0.3) is 0 Å². The minimum absolute atomic E-state index is 0.0591. The van der Waals surface area contributed by atoms with Crippen molar-refractivity contribution in [2.45, 2.75) is 124 Å². The van der Waals surface area contributed by atoms with Crippen LogP contribution in [0.3, 0.4) is 0 Å². The molecule has 0 aliphatic heterocycles. The number of aromatic hydroxyl groups is 2. The van der Waals surface area contributed by atoms with E-state index >= 15 is 0 Å². The summed E-state index contributed by atoms with van der Waals surface area (Å²) in [6.07, 6.45) is 18.6. The molecule has 166 valence electrons. The molecule has 2 rings (SSSR count). The first-order valence-electron chi connectivity index (χ1n) is 12.3. The summed E-state index contributed by atoms with van der Waals surface area (Å²) in [5.41, 5.74) is 3.25. The van der Waals surface area contributed by atoms with Crippen molar-refractivity contribution in [3.63, 3.8) is 0 Å². The molecule has 2 nitrogen and oxygen atoms in total. The molecule has 0 spiro atoms. The lowest BCUT2D eigenvalue weighted by Gasteiger charge is -2.22. The van der Waals surface area contributed by atoms with Gasteiger partial charge in [0, 0.05) is 0 Å². The van der Waals surface area contributed by atoms with E-state index in [1.54, 1.807) is 6.07 Å². The van der Waals surface area contributed by atoms with Crippen LogP contribution in [0, 0.1) is 10.8 Å². The molecule has 0 heterocycles. The molecule has 0 amide bonds. The Morgan fingerprint density at radius 1 is 0.862 bits per heavy atom. The van der Waals surface area contributed by atoms with E-state index in [-0.39, 0.29) is 11.5 Å². The molecule has 2 N–H and O–H groups in total. The number of hydrogen-bond donors (Lipinski definition) is 2. The predicted molar refractivity (Wildman–Crippen MR) is 125 cm³/mol. The van der Waals surface area contributed by atoms with Gasteiger partial charge in [-0.25, -0.2) is 0 Å². The Morgan fingerprint density at radius 2 is 1.48 bits per heavy atom. The predicted octanol–water partition coefficient (Wildman–Crippen LogP) is 8.32. The molecule has 0 atom stereocenters. The van der Waals surface area contributed by atoms with E-state index in [9.17, 15) is 10.2 Å². The fraction of sp³-hybridized carbons (Fsp3) is 0.778. The largest absolute Gasteiger partial charge is 0.504 e. The van der Waals surface area contributed by atoms with Crippen LogP contribution in [0.1, 0.15) is 122 Å². The molecule has 0 bridgehead atoms. The second kappa shape index (κ2) is 11.3. The molecule has 1 fully saturated rings. The molecule has 1 aliphatic rings. The minimum atomic E-state index is 0.0591. The van der Waals surface area contributed by atoms with Crippen LogP contribution in [0.15, 0.2) is 12.1 Å². The highest BCUT2D eigenvalue weighted by Crippen LogP contribution is 2.49. The summed E-state index contributed by atoms with van der Waals surface area (Å²) in [6, 6.07) is 3.88. The summed E-state index contributed by atoms with van der Waals surface area (Å²) in [6.45, 7) is 9.41. The Kier molecular flexibility index (Phi) is 9.37. The lowest BCUT2D eigenvalue weighted by atomic mass is 9.84. The molecule has 0 unspecified atom stereocenters. The van der Waals surface area contributed by atoms with Crippen LogP contribution in [0.25, 0.3) is 0 Å².